The zero-order valence-electron chi connectivity index (χ0n) is 11.6. The first-order valence-corrected chi connectivity index (χ1v) is 6.96. The highest BCUT2D eigenvalue weighted by Crippen LogP contribution is 2.43. The lowest BCUT2D eigenvalue weighted by molar-refractivity contribution is 0.117. The van der Waals surface area contributed by atoms with Crippen LogP contribution in [0.3, 0.4) is 0 Å². The van der Waals surface area contributed by atoms with Crippen LogP contribution in [0.2, 0.25) is 0 Å². The van der Waals surface area contributed by atoms with Crippen molar-refractivity contribution >= 4 is 6.09 Å². The molecule has 1 N–H and O–H groups in total. The minimum atomic E-state index is -0.383. The summed E-state index contributed by atoms with van der Waals surface area (Å²) in [5.41, 5.74) is 1.97. The maximum atomic E-state index is 12.1. The predicted octanol–water partition coefficient (Wildman–Crippen LogP) is 2.74. The highest BCUT2D eigenvalue weighted by Gasteiger charge is 2.52. The van der Waals surface area contributed by atoms with Crippen LogP contribution >= 0.6 is 0 Å². The fraction of sp³-hybridized carbons (Fsp3) is 0.235. The molecule has 0 unspecified atom stereocenters. The molecule has 1 saturated heterocycles. The Morgan fingerprint density at radius 2 is 1.67 bits per heavy atom. The molecule has 21 heavy (non-hydrogen) atoms. The SMILES string of the molecule is O=C(OCc1ccccc1)N1[C@@H](CO)[C@@H]1c1ccccc1. The number of rotatable bonds is 4. The molecule has 1 fully saturated rings. The molecular formula is C17H17NO3. The van der Waals surface area contributed by atoms with Crippen LogP contribution in [0, 0.1) is 0 Å². The number of hydrogen-bond donors (Lipinski definition) is 1. The lowest BCUT2D eigenvalue weighted by Crippen LogP contribution is -2.16. The molecule has 2 atom stereocenters. The van der Waals surface area contributed by atoms with Crippen LogP contribution in [0.15, 0.2) is 60.7 Å². The second-order valence-corrected chi connectivity index (χ2v) is 5.05. The number of carbonyl (C=O) groups excluding carboxylic acids is 1. The van der Waals surface area contributed by atoms with Gasteiger partial charge < -0.3 is 9.84 Å². The molecule has 1 aliphatic rings. The molecule has 4 nitrogen and oxygen atoms in total. The topological polar surface area (TPSA) is 49.5 Å². The summed E-state index contributed by atoms with van der Waals surface area (Å²) in [5, 5.41) is 9.39. The van der Waals surface area contributed by atoms with Gasteiger partial charge in [-0.1, -0.05) is 60.7 Å². The molecule has 0 spiro atoms. The Kier molecular flexibility index (Phi) is 3.88. The molecule has 1 heterocycles. The van der Waals surface area contributed by atoms with E-state index in [0.717, 1.165) is 11.1 Å². The standard InChI is InChI=1S/C17H17NO3/c19-11-15-16(14-9-5-2-6-10-14)18(15)17(20)21-12-13-7-3-1-4-8-13/h1-10,15-16,19H,11-12H2/t15-,16-,18?/m0/s1. The Hall–Kier alpha value is -2.33. The van der Waals surface area contributed by atoms with Gasteiger partial charge in [-0.3, -0.25) is 4.90 Å². The van der Waals surface area contributed by atoms with E-state index >= 15 is 0 Å². The average Bonchev–Trinajstić information content (AvgIpc) is 3.29. The first-order chi connectivity index (χ1) is 10.3. The van der Waals surface area contributed by atoms with Gasteiger partial charge in [0.25, 0.3) is 0 Å². The normalized spacial score (nSPS) is 20.1. The molecule has 0 bridgehead atoms. The Morgan fingerprint density at radius 3 is 2.29 bits per heavy atom. The summed E-state index contributed by atoms with van der Waals surface area (Å²) in [4.78, 5) is 13.7. The van der Waals surface area contributed by atoms with Crippen LogP contribution in [0.4, 0.5) is 4.79 Å². The third kappa shape index (κ3) is 2.90. The summed E-state index contributed by atoms with van der Waals surface area (Å²) in [7, 11) is 0. The van der Waals surface area contributed by atoms with Crippen LogP contribution < -0.4 is 0 Å². The monoisotopic (exact) mass is 283 g/mol. The van der Waals surface area contributed by atoms with Gasteiger partial charge in [0.2, 0.25) is 0 Å². The third-order valence-corrected chi connectivity index (χ3v) is 3.68. The van der Waals surface area contributed by atoms with Gasteiger partial charge in [0, 0.05) is 0 Å². The van der Waals surface area contributed by atoms with Gasteiger partial charge in [-0.05, 0) is 11.1 Å². The van der Waals surface area contributed by atoms with E-state index in [9.17, 15) is 9.90 Å². The number of aliphatic hydroxyl groups is 1. The zero-order valence-corrected chi connectivity index (χ0v) is 11.6. The van der Waals surface area contributed by atoms with E-state index in [1.807, 2.05) is 60.7 Å². The van der Waals surface area contributed by atoms with Crippen molar-refractivity contribution in [3.8, 4) is 0 Å². The lowest BCUT2D eigenvalue weighted by atomic mass is 10.1. The van der Waals surface area contributed by atoms with Crippen LogP contribution in [0.1, 0.15) is 17.2 Å². The number of aliphatic hydroxyl groups excluding tert-OH is 1. The van der Waals surface area contributed by atoms with Crippen molar-refractivity contribution in [3.63, 3.8) is 0 Å². The summed E-state index contributed by atoms with van der Waals surface area (Å²) in [6.07, 6.45) is -0.383. The van der Waals surface area contributed by atoms with E-state index in [1.165, 1.54) is 0 Å². The zero-order chi connectivity index (χ0) is 14.7. The average molecular weight is 283 g/mol. The summed E-state index contributed by atoms with van der Waals surface area (Å²) in [5.74, 6) is 0. The first kappa shape index (κ1) is 13.6. The first-order valence-electron chi connectivity index (χ1n) is 6.96. The van der Waals surface area contributed by atoms with Gasteiger partial charge in [0.15, 0.2) is 0 Å². The van der Waals surface area contributed by atoms with Crippen LogP contribution in [0.5, 0.6) is 0 Å². The van der Waals surface area contributed by atoms with E-state index in [1.54, 1.807) is 4.90 Å². The maximum Gasteiger partial charge on any atom is 0.411 e. The highest BCUT2D eigenvalue weighted by atomic mass is 16.6. The van der Waals surface area contributed by atoms with Crippen molar-refractivity contribution in [2.24, 2.45) is 0 Å². The van der Waals surface area contributed by atoms with Gasteiger partial charge in [-0.2, -0.15) is 0 Å². The summed E-state index contributed by atoms with van der Waals surface area (Å²) in [6.45, 7) is 0.190. The second-order valence-electron chi connectivity index (χ2n) is 5.05. The molecule has 0 saturated carbocycles. The fourth-order valence-electron chi connectivity index (χ4n) is 2.54. The van der Waals surface area contributed by atoms with Gasteiger partial charge in [0.1, 0.15) is 6.61 Å². The molecule has 2 aromatic rings. The minimum Gasteiger partial charge on any atom is -0.445 e. The van der Waals surface area contributed by atoms with Crippen molar-refractivity contribution in [2.75, 3.05) is 6.61 Å². The van der Waals surface area contributed by atoms with Crippen LogP contribution in [0.25, 0.3) is 0 Å². The van der Waals surface area contributed by atoms with Crippen molar-refractivity contribution in [3.05, 3.63) is 71.8 Å². The number of ether oxygens (including phenoxy) is 1. The smallest absolute Gasteiger partial charge is 0.411 e. The van der Waals surface area contributed by atoms with E-state index in [4.69, 9.17) is 4.74 Å². The highest BCUT2D eigenvalue weighted by molar-refractivity contribution is 5.72. The van der Waals surface area contributed by atoms with E-state index in [0.29, 0.717) is 0 Å². The number of nitrogens with zero attached hydrogens (tertiary/aromatic N) is 1. The Labute approximate surface area is 123 Å². The lowest BCUT2D eigenvalue weighted by Gasteiger charge is -2.07. The molecule has 0 aliphatic carbocycles. The molecule has 108 valence electrons. The number of benzene rings is 2. The van der Waals surface area contributed by atoms with Gasteiger partial charge in [0.05, 0.1) is 18.7 Å². The molecule has 4 heteroatoms. The third-order valence-electron chi connectivity index (χ3n) is 3.68. The molecule has 1 amide bonds. The van der Waals surface area contributed by atoms with Crippen molar-refractivity contribution in [2.45, 2.75) is 18.7 Å². The van der Waals surface area contributed by atoms with Crippen molar-refractivity contribution in [1.29, 1.82) is 0 Å². The van der Waals surface area contributed by atoms with E-state index in [2.05, 4.69) is 0 Å². The fourth-order valence-corrected chi connectivity index (χ4v) is 2.54. The summed E-state index contributed by atoms with van der Waals surface area (Å²) >= 11 is 0. The molecular weight excluding hydrogens is 266 g/mol. The van der Waals surface area contributed by atoms with Crippen LogP contribution in [-0.2, 0) is 11.3 Å². The summed E-state index contributed by atoms with van der Waals surface area (Å²) < 4.78 is 5.31. The van der Waals surface area contributed by atoms with Gasteiger partial charge in [-0.25, -0.2) is 4.79 Å². The summed E-state index contributed by atoms with van der Waals surface area (Å²) in [6, 6.07) is 19.0. The Balaban J connectivity index is 1.62. The number of carbonyl (C=O) groups is 1. The van der Waals surface area contributed by atoms with Crippen molar-refractivity contribution in [1.82, 2.24) is 4.90 Å². The minimum absolute atomic E-state index is 0.0556. The predicted molar refractivity (Wildman–Crippen MR) is 78.5 cm³/mol. The Bertz CT molecular complexity index is 600. The van der Waals surface area contributed by atoms with Gasteiger partial charge >= 0.3 is 6.09 Å². The molecule has 0 radical (unpaired) electrons. The molecule has 2 aromatic carbocycles. The largest absolute Gasteiger partial charge is 0.445 e. The molecule has 0 aromatic heterocycles. The number of amides is 1. The maximum absolute atomic E-state index is 12.1. The van der Waals surface area contributed by atoms with E-state index in [-0.39, 0.29) is 31.4 Å². The second kappa shape index (κ2) is 5.97. The molecule has 1 aliphatic heterocycles. The van der Waals surface area contributed by atoms with E-state index < -0.39 is 0 Å². The van der Waals surface area contributed by atoms with Crippen molar-refractivity contribution < 1.29 is 14.6 Å². The Morgan fingerprint density at radius 1 is 1.05 bits per heavy atom. The molecule has 3 rings (SSSR count). The van der Waals surface area contributed by atoms with Gasteiger partial charge in [-0.15, -0.1) is 0 Å². The number of hydrogen-bond acceptors (Lipinski definition) is 3. The quantitative estimate of drug-likeness (QED) is 0.878. The van der Waals surface area contributed by atoms with Crippen LogP contribution in [-0.4, -0.2) is 28.7 Å².